The summed E-state index contributed by atoms with van der Waals surface area (Å²) in [5.74, 6) is 0.535. The number of allylic oxidation sites excluding steroid dienone is 1. The molecule has 0 aromatic carbocycles. The molecule has 0 radical (unpaired) electrons. The molecule has 100 valence electrons. The van der Waals surface area contributed by atoms with E-state index in [0.717, 1.165) is 37.8 Å². The Morgan fingerprint density at radius 1 is 1.41 bits per heavy atom. The lowest BCUT2D eigenvalue weighted by atomic mass is 9.94. The van der Waals surface area contributed by atoms with Gasteiger partial charge in [-0.2, -0.15) is 13.2 Å². The second kappa shape index (κ2) is 6.54. The predicted molar refractivity (Wildman–Crippen MR) is 66.0 cm³/mol. The van der Waals surface area contributed by atoms with Crippen molar-refractivity contribution in [2.75, 3.05) is 26.7 Å². The van der Waals surface area contributed by atoms with Gasteiger partial charge in [0, 0.05) is 13.6 Å². The molecule has 1 rings (SSSR count). The van der Waals surface area contributed by atoms with Crippen LogP contribution in [0.2, 0.25) is 0 Å². The van der Waals surface area contributed by atoms with Gasteiger partial charge < -0.3 is 10.2 Å². The third-order valence-electron chi connectivity index (χ3n) is 3.16. The first-order valence-corrected chi connectivity index (χ1v) is 6.30. The summed E-state index contributed by atoms with van der Waals surface area (Å²) in [5.41, 5.74) is -0.672. The monoisotopic (exact) mass is 268 g/mol. The number of thiol groups is 1. The molecule has 6 heteroatoms. The fourth-order valence-electron chi connectivity index (χ4n) is 2.06. The summed E-state index contributed by atoms with van der Waals surface area (Å²) in [4.78, 5) is 1.25. The molecular formula is C11H19F3N2S. The van der Waals surface area contributed by atoms with Gasteiger partial charge in [-0.1, -0.05) is 0 Å². The highest BCUT2D eigenvalue weighted by Gasteiger charge is 2.35. The lowest BCUT2D eigenvalue weighted by Crippen LogP contribution is -2.32. The van der Waals surface area contributed by atoms with E-state index in [-0.39, 0.29) is 0 Å². The van der Waals surface area contributed by atoms with Crippen LogP contribution in [0, 0.1) is 5.92 Å². The summed E-state index contributed by atoms with van der Waals surface area (Å²) in [6.07, 6.45) is -1.40. The Morgan fingerprint density at radius 3 is 2.47 bits per heavy atom. The number of alkyl halides is 3. The van der Waals surface area contributed by atoms with Gasteiger partial charge in [-0.15, -0.1) is 12.6 Å². The maximum atomic E-state index is 12.6. The molecule has 1 N–H and O–H groups in total. The molecule has 1 aliphatic rings. The van der Waals surface area contributed by atoms with Gasteiger partial charge in [0.05, 0.1) is 0 Å². The third-order valence-corrected chi connectivity index (χ3v) is 3.40. The minimum absolute atomic E-state index is 0.427. The normalized spacial score (nSPS) is 19.5. The van der Waals surface area contributed by atoms with Crippen LogP contribution in [0.15, 0.2) is 11.1 Å². The second-order valence-corrected chi connectivity index (χ2v) is 4.67. The number of nitrogens with zero attached hydrogens (tertiary/aromatic N) is 1. The van der Waals surface area contributed by atoms with Crippen molar-refractivity contribution in [2.45, 2.75) is 25.4 Å². The molecule has 0 bridgehead atoms. The smallest absolute Gasteiger partial charge is 0.370 e. The number of rotatable bonds is 4. The van der Waals surface area contributed by atoms with Crippen LogP contribution in [0.1, 0.15) is 19.3 Å². The lowest BCUT2D eigenvalue weighted by Gasteiger charge is -2.28. The zero-order valence-corrected chi connectivity index (χ0v) is 10.8. The van der Waals surface area contributed by atoms with E-state index in [2.05, 4.69) is 17.9 Å². The second-order valence-electron chi connectivity index (χ2n) is 4.42. The fourth-order valence-corrected chi connectivity index (χ4v) is 2.40. The number of nitrogens with one attached hydrogen (secondary N) is 1. The van der Waals surface area contributed by atoms with Gasteiger partial charge in [0.25, 0.3) is 0 Å². The molecule has 1 fully saturated rings. The van der Waals surface area contributed by atoms with Crippen molar-refractivity contribution in [1.82, 2.24) is 10.2 Å². The van der Waals surface area contributed by atoms with Crippen LogP contribution in [-0.4, -0.2) is 37.8 Å². The summed E-state index contributed by atoms with van der Waals surface area (Å²) in [7, 11) is 1.47. The Hall–Kier alpha value is -0.360. The number of hydrogen-bond acceptors (Lipinski definition) is 3. The first kappa shape index (κ1) is 14.7. The number of halogens is 3. The van der Waals surface area contributed by atoms with Gasteiger partial charge >= 0.3 is 6.18 Å². The minimum Gasteiger partial charge on any atom is -0.370 e. The molecule has 1 saturated heterocycles. The summed E-state index contributed by atoms with van der Waals surface area (Å²) in [5, 5.41) is 4.08. The quantitative estimate of drug-likeness (QED) is 0.762. The molecule has 0 spiro atoms. The Morgan fingerprint density at radius 2 is 2.00 bits per heavy atom. The van der Waals surface area contributed by atoms with E-state index in [1.165, 1.54) is 11.9 Å². The molecule has 0 amide bonds. The molecule has 0 aromatic rings. The van der Waals surface area contributed by atoms with Crippen molar-refractivity contribution in [3.63, 3.8) is 0 Å². The molecule has 0 aliphatic carbocycles. The third kappa shape index (κ3) is 4.79. The topological polar surface area (TPSA) is 15.3 Å². The van der Waals surface area contributed by atoms with E-state index >= 15 is 0 Å². The molecule has 17 heavy (non-hydrogen) atoms. The molecule has 0 saturated carbocycles. The number of hydrogen-bond donors (Lipinski definition) is 2. The predicted octanol–water partition coefficient (Wildman–Crippen LogP) is 2.64. The van der Waals surface area contributed by atoms with Crippen molar-refractivity contribution < 1.29 is 13.2 Å². The fraction of sp³-hybridized carbons (Fsp3) is 0.818. The molecule has 0 unspecified atom stereocenters. The van der Waals surface area contributed by atoms with E-state index in [1.807, 2.05) is 0 Å². The first-order valence-electron chi connectivity index (χ1n) is 5.78. The summed E-state index contributed by atoms with van der Waals surface area (Å²) in [6, 6.07) is 0. The van der Waals surface area contributed by atoms with E-state index in [9.17, 15) is 13.2 Å². The van der Waals surface area contributed by atoms with Crippen LogP contribution < -0.4 is 5.32 Å². The maximum absolute atomic E-state index is 12.6. The van der Waals surface area contributed by atoms with Crippen LogP contribution in [0.3, 0.4) is 0 Å². The van der Waals surface area contributed by atoms with Crippen molar-refractivity contribution >= 4 is 12.6 Å². The van der Waals surface area contributed by atoms with Crippen LogP contribution in [-0.2, 0) is 0 Å². The van der Waals surface area contributed by atoms with Gasteiger partial charge in [-0.05, 0) is 43.7 Å². The van der Waals surface area contributed by atoms with E-state index in [4.69, 9.17) is 0 Å². The zero-order valence-electron chi connectivity index (χ0n) is 9.93. The van der Waals surface area contributed by atoms with Crippen LogP contribution in [0.25, 0.3) is 0 Å². The SMILES string of the molecule is CN(CCC1CCNCC1)/C(=C\S)C(F)(F)F. The van der Waals surface area contributed by atoms with E-state index in [0.29, 0.717) is 12.5 Å². The molecule has 1 aliphatic heterocycles. The van der Waals surface area contributed by atoms with E-state index < -0.39 is 11.9 Å². The van der Waals surface area contributed by atoms with Crippen molar-refractivity contribution in [2.24, 2.45) is 5.92 Å². The molecule has 0 aromatic heterocycles. The highest BCUT2D eigenvalue weighted by Crippen LogP contribution is 2.29. The van der Waals surface area contributed by atoms with Crippen molar-refractivity contribution in [3.05, 3.63) is 11.1 Å². The van der Waals surface area contributed by atoms with E-state index in [1.54, 1.807) is 0 Å². The average molecular weight is 268 g/mol. The summed E-state index contributed by atoms with van der Waals surface area (Å²) >= 11 is 3.63. The lowest BCUT2D eigenvalue weighted by molar-refractivity contribution is -0.109. The van der Waals surface area contributed by atoms with Gasteiger partial charge in [0.2, 0.25) is 0 Å². The maximum Gasteiger partial charge on any atom is 0.431 e. The molecular weight excluding hydrogens is 249 g/mol. The zero-order chi connectivity index (χ0) is 12.9. The highest BCUT2D eigenvalue weighted by molar-refractivity contribution is 7.83. The molecule has 1 heterocycles. The largest absolute Gasteiger partial charge is 0.431 e. The Kier molecular flexibility index (Phi) is 5.66. The van der Waals surface area contributed by atoms with Gasteiger partial charge in [-0.3, -0.25) is 0 Å². The Balaban J connectivity index is 2.40. The summed E-state index contributed by atoms with van der Waals surface area (Å²) in [6.45, 7) is 2.38. The highest BCUT2D eigenvalue weighted by atomic mass is 32.1. The van der Waals surface area contributed by atoms with Gasteiger partial charge in [0.1, 0.15) is 5.70 Å². The summed E-state index contributed by atoms with van der Waals surface area (Å²) < 4.78 is 37.7. The Bertz CT molecular complexity index is 260. The number of piperidine rings is 1. The van der Waals surface area contributed by atoms with Crippen LogP contribution >= 0.6 is 12.6 Å². The van der Waals surface area contributed by atoms with Crippen molar-refractivity contribution in [3.8, 4) is 0 Å². The first-order chi connectivity index (χ1) is 7.95. The standard InChI is InChI=1S/C11H19F3N2S/c1-16(10(8-17)11(12,13)14)7-4-9-2-5-15-6-3-9/h8-9,15,17H,2-7H2,1H3/b10-8-. The van der Waals surface area contributed by atoms with Crippen LogP contribution in [0.5, 0.6) is 0 Å². The van der Waals surface area contributed by atoms with Crippen molar-refractivity contribution in [1.29, 1.82) is 0 Å². The molecule has 2 nitrogen and oxygen atoms in total. The van der Waals surface area contributed by atoms with Crippen LogP contribution in [0.4, 0.5) is 13.2 Å². The Labute approximate surface area is 106 Å². The minimum atomic E-state index is -4.31. The average Bonchev–Trinajstić information content (AvgIpc) is 2.27. The van der Waals surface area contributed by atoms with Gasteiger partial charge in [0.15, 0.2) is 0 Å². The van der Waals surface area contributed by atoms with Gasteiger partial charge in [-0.25, -0.2) is 0 Å². The molecule has 0 atom stereocenters.